The molecule has 0 radical (unpaired) electrons. The average molecular weight is 393 g/mol. The maximum absolute atomic E-state index is 13.0. The van der Waals surface area contributed by atoms with Crippen molar-refractivity contribution in [2.24, 2.45) is 0 Å². The van der Waals surface area contributed by atoms with E-state index >= 15 is 0 Å². The normalized spacial score (nSPS) is 12.0. The molecule has 144 valence electrons. The summed E-state index contributed by atoms with van der Waals surface area (Å²) in [5.41, 5.74) is 2.09. The van der Waals surface area contributed by atoms with E-state index in [-0.39, 0.29) is 17.2 Å². The molecule has 0 saturated heterocycles. The van der Waals surface area contributed by atoms with Crippen LogP contribution in [0, 0.1) is 6.92 Å². The number of benzene rings is 2. The van der Waals surface area contributed by atoms with Crippen LogP contribution in [0.3, 0.4) is 0 Å². The fraction of sp³-hybridized carbons (Fsp3) is 0.227. The van der Waals surface area contributed by atoms with Crippen LogP contribution in [0.15, 0.2) is 78.5 Å². The van der Waals surface area contributed by atoms with Gasteiger partial charge in [-0.2, -0.15) is 0 Å². The Morgan fingerprint density at radius 3 is 2.21 bits per heavy atom. The summed E-state index contributed by atoms with van der Waals surface area (Å²) in [5.74, 6) is 0.759. The van der Waals surface area contributed by atoms with Crippen molar-refractivity contribution >= 4 is 17.7 Å². The standard InChI is InChI=1S/C22H24N4OS/c1-4-15-26-17(3)24-25-22(26)28-16(2)21(27)23-20(18-11-7-5-8-12-18)19-13-9-6-10-14-19/h4-14,16,20H,1,15H2,2-3H3,(H,23,27). The number of carbonyl (C=O) groups is 1. The number of hydrogen-bond donors (Lipinski definition) is 1. The van der Waals surface area contributed by atoms with E-state index in [4.69, 9.17) is 0 Å². The monoisotopic (exact) mass is 392 g/mol. The Hall–Kier alpha value is -2.86. The van der Waals surface area contributed by atoms with E-state index in [0.29, 0.717) is 6.54 Å². The second-order valence-electron chi connectivity index (χ2n) is 6.45. The first-order valence-corrected chi connectivity index (χ1v) is 10.1. The van der Waals surface area contributed by atoms with E-state index in [1.54, 1.807) is 6.08 Å². The molecule has 2 aromatic carbocycles. The molecule has 0 spiro atoms. The van der Waals surface area contributed by atoms with Crippen LogP contribution >= 0.6 is 11.8 Å². The first kappa shape index (κ1) is 19.9. The number of aryl methyl sites for hydroxylation is 1. The van der Waals surface area contributed by atoms with Gasteiger partial charge in [-0.15, -0.1) is 16.8 Å². The summed E-state index contributed by atoms with van der Waals surface area (Å²) in [6, 6.07) is 19.8. The fourth-order valence-electron chi connectivity index (χ4n) is 2.91. The molecule has 1 atom stereocenters. The summed E-state index contributed by atoms with van der Waals surface area (Å²) >= 11 is 1.40. The molecular formula is C22H24N4OS. The maximum atomic E-state index is 13.0. The Bertz CT molecular complexity index is 885. The molecule has 3 aromatic rings. The second-order valence-corrected chi connectivity index (χ2v) is 7.76. The molecule has 1 aromatic heterocycles. The van der Waals surface area contributed by atoms with Gasteiger partial charge in [-0.1, -0.05) is 78.5 Å². The van der Waals surface area contributed by atoms with E-state index in [0.717, 1.165) is 22.1 Å². The van der Waals surface area contributed by atoms with Gasteiger partial charge in [0.2, 0.25) is 5.91 Å². The number of nitrogens with one attached hydrogen (secondary N) is 1. The molecule has 6 heteroatoms. The van der Waals surface area contributed by atoms with Gasteiger partial charge < -0.3 is 9.88 Å². The number of rotatable bonds is 8. The predicted molar refractivity (Wildman–Crippen MR) is 113 cm³/mol. The lowest BCUT2D eigenvalue weighted by atomic mass is 9.98. The molecule has 0 bridgehead atoms. The van der Waals surface area contributed by atoms with Crippen LogP contribution in [0.25, 0.3) is 0 Å². The molecule has 1 unspecified atom stereocenters. The second kappa shape index (κ2) is 9.37. The van der Waals surface area contributed by atoms with Crippen LogP contribution in [0.2, 0.25) is 0 Å². The lowest BCUT2D eigenvalue weighted by molar-refractivity contribution is -0.120. The minimum absolute atomic E-state index is 0.0477. The molecule has 28 heavy (non-hydrogen) atoms. The third-order valence-corrected chi connectivity index (χ3v) is 5.50. The molecule has 0 aliphatic heterocycles. The molecule has 1 N–H and O–H groups in total. The highest BCUT2D eigenvalue weighted by Gasteiger charge is 2.23. The van der Waals surface area contributed by atoms with Gasteiger partial charge in [-0.05, 0) is 25.0 Å². The van der Waals surface area contributed by atoms with Gasteiger partial charge in [-0.25, -0.2) is 0 Å². The molecule has 1 amide bonds. The molecule has 0 aliphatic rings. The van der Waals surface area contributed by atoms with Gasteiger partial charge in [0, 0.05) is 6.54 Å². The lowest BCUT2D eigenvalue weighted by Crippen LogP contribution is -2.35. The van der Waals surface area contributed by atoms with Gasteiger partial charge >= 0.3 is 0 Å². The molecule has 0 fully saturated rings. The molecular weight excluding hydrogens is 368 g/mol. The van der Waals surface area contributed by atoms with Gasteiger partial charge in [-0.3, -0.25) is 4.79 Å². The minimum Gasteiger partial charge on any atom is -0.344 e. The summed E-state index contributed by atoms with van der Waals surface area (Å²) in [6.07, 6.45) is 1.80. The molecule has 0 saturated carbocycles. The van der Waals surface area contributed by atoms with Crippen molar-refractivity contribution < 1.29 is 4.79 Å². The van der Waals surface area contributed by atoms with Crippen LogP contribution in [0.4, 0.5) is 0 Å². The van der Waals surface area contributed by atoms with Crippen molar-refractivity contribution in [3.63, 3.8) is 0 Å². The SMILES string of the molecule is C=CCn1c(C)nnc1SC(C)C(=O)NC(c1ccccc1)c1ccccc1. The van der Waals surface area contributed by atoms with E-state index in [2.05, 4.69) is 22.1 Å². The molecule has 3 rings (SSSR count). The Morgan fingerprint density at radius 2 is 1.68 bits per heavy atom. The maximum Gasteiger partial charge on any atom is 0.234 e. The Labute approximate surface area is 169 Å². The van der Waals surface area contributed by atoms with E-state index < -0.39 is 0 Å². The van der Waals surface area contributed by atoms with Crippen molar-refractivity contribution in [3.8, 4) is 0 Å². The van der Waals surface area contributed by atoms with Gasteiger partial charge in [0.15, 0.2) is 5.16 Å². The zero-order valence-corrected chi connectivity index (χ0v) is 16.9. The van der Waals surface area contributed by atoms with Crippen molar-refractivity contribution in [2.75, 3.05) is 0 Å². The van der Waals surface area contributed by atoms with Gasteiger partial charge in [0.05, 0.1) is 11.3 Å². The van der Waals surface area contributed by atoms with Crippen molar-refractivity contribution in [1.82, 2.24) is 20.1 Å². The third-order valence-electron chi connectivity index (χ3n) is 4.42. The van der Waals surface area contributed by atoms with Crippen molar-refractivity contribution in [2.45, 2.75) is 36.8 Å². The highest BCUT2D eigenvalue weighted by molar-refractivity contribution is 8.00. The first-order chi connectivity index (χ1) is 13.6. The van der Waals surface area contributed by atoms with Crippen LogP contribution < -0.4 is 5.32 Å². The van der Waals surface area contributed by atoms with Crippen molar-refractivity contribution in [3.05, 3.63) is 90.3 Å². The summed E-state index contributed by atoms with van der Waals surface area (Å²) in [4.78, 5) is 13.0. The number of thioether (sulfide) groups is 1. The Morgan fingerprint density at radius 1 is 1.11 bits per heavy atom. The highest BCUT2D eigenvalue weighted by Crippen LogP contribution is 2.26. The molecule has 1 heterocycles. The van der Waals surface area contributed by atoms with Crippen molar-refractivity contribution in [1.29, 1.82) is 0 Å². The largest absolute Gasteiger partial charge is 0.344 e. The number of carbonyl (C=O) groups excluding carboxylic acids is 1. The fourth-order valence-corrected chi connectivity index (χ4v) is 3.82. The van der Waals surface area contributed by atoms with Gasteiger partial charge in [0.1, 0.15) is 5.82 Å². The first-order valence-electron chi connectivity index (χ1n) is 9.17. The Kier molecular flexibility index (Phi) is 6.66. The smallest absolute Gasteiger partial charge is 0.234 e. The number of nitrogens with zero attached hydrogens (tertiary/aromatic N) is 3. The lowest BCUT2D eigenvalue weighted by Gasteiger charge is -2.22. The topological polar surface area (TPSA) is 59.8 Å². The number of aromatic nitrogens is 3. The van der Waals surface area contributed by atoms with Gasteiger partial charge in [0.25, 0.3) is 0 Å². The highest BCUT2D eigenvalue weighted by atomic mass is 32.2. The Balaban J connectivity index is 1.77. The van der Waals surface area contributed by atoms with E-state index in [1.165, 1.54) is 11.8 Å². The quantitative estimate of drug-likeness (QED) is 0.462. The van der Waals surface area contributed by atoms with E-state index in [9.17, 15) is 4.79 Å². The summed E-state index contributed by atoms with van der Waals surface area (Å²) in [7, 11) is 0. The molecule has 0 aliphatic carbocycles. The number of hydrogen-bond acceptors (Lipinski definition) is 4. The van der Waals surface area contributed by atoms with Crippen LogP contribution in [-0.2, 0) is 11.3 Å². The average Bonchev–Trinajstić information content (AvgIpc) is 3.07. The zero-order chi connectivity index (χ0) is 19.9. The minimum atomic E-state index is -0.318. The van der Waals surface area contributed by atoms with Crippen LogP contribution in [-0.4, -0.2) is 25.9 Å². The predicted octanol–water partition coefficient (Wildman–Crippen LogP) is 4.16. The van der Waals surface area contributed by atoms with Crippen LogP contribution in [0.1, 0.15) is 29.9 Å². The summed E-state index contributed by atoms with van der Waals surface area (Å²) in [5, 5.41) is 11.9. The third kappa shape index (κ3) is 4.70. The molecule has 5 nitrogen and oxygen atoms in total. The summed E-state index contributed by atoms with van der Waals surface area (Å²) < 4.78 is 1.95. The number of amides is 1. The van der Waals surface area contributed by atoms with E-state index in [1.807, 2.05) is 79.1 Å². The zero-order valence-electron chi connectivity index (χ0n) is 16.1. The number of allylic oxidation sites excluding steroid dienone is 1. The van der Waals surface area contributed by atoms with Crippen LogP contribution in [0.5, 0.6) is 0 Å². The summed E-state index contributed by atoms with van der Waals surface area (Å²) in [6.45, 7) is 8.17.